The van der Waals surface area contributed by atoms with E-state index in [0.29, 0.717) is 5.46 Å². The van der Waals surface area contributed by atoms with Gasteiger partial charge < -0.3 is 18.9 Å². The molecule has 0 radical (unpaired) electrons. The molecule has 0 aliphatic carbocycles. The Hall–Kier alpha value is -10.3. The Labute approximate surface area is 503 Å². The van der Waals surface area contributed by atoms with Crippen LogP contribution in [-0.2, 0) is 0 Å². The fraction of sp³-hybridized carbons (Fsp3) is 0. The number of halogens is 1. The second-order valence-electron chi connectivity index (χ2n) is 22.1. The molecule has 0 aliphatic heterocycles. The summed E-state index contributed by atoms with van der Waals surface area (Å²) in [7, 11) is -1.53. The van der Waals surface area contributed by atoms with Crippen molar-refractivity contribution in [2.45, 2.75) is 0 Å². The molecule has 2 aromatic heterocycles. The molecule has 2 heterocycles. The first-order chi connectivity index (χ1) is 42.4. The van der Waals surface area contributed by atoms with Crippen molar-refractivity contribution in [3.05, 3.63) is 296 Å². The van der Waals surface area contributed by atoms with E-state index in [4.69, 9.17) is 8.83 Å². The summed E-state index contributed by atoms with van der Waals surface area (Å²) in [4.78, 5) is 0. The van der Waals surface area contributed by atoms with E-state index in [-0.39, 0.29) is 0 Å². The first-order valence-corrected chi connectivity index (χ1v) is 29.7. The van der Waals surface area contributed by atoms with Crippen molar-refractivity contribution in [2.24, 2.45) is 0 Å². The summed E-state index contributed by atoms with van der Waals surface area (Å²) >= 11 is 3.51. The van der Waals surface area contributed by atoms with E-state index in [0.717, 1.165) is 75.6 Å². The number of furan rings is 2. The Morgan fingerprint density at radius 2 is 0.570 bits per heavy atom. The second kappa shape index (κ2) is 21.1. The summed E-state index contributed by atoms with van der Waals surface area (Å²) in [5, 5.41) is 43.5. The van der Waals surface area contributed by atoms with Crippen molar-refractivity contribution in [2.75, 3.05) is 0 Å². The van der Waals surface area contributed by atoms with Crippen molar-refractivity contribution in [1.29, 1.82) is 0 Å². The van der Waals surface area contributed by atoms with Gasteiger partial charge in [0.15, 0.2) is 0 Å². The Kier molecular flexibility index (Phi) is 12.6. The van der Waals surface area contributed by atoms with E-state index < -0.39 is 7.12 Å². The number of rotatable bonds is 4. The molecule has 86 heavy (non-hydrogen) atoms. The lowest BCUT2D eigenvalue weighted by Gasteiger charge is -2.18. The molecule has 0 saturated heterocycles. The first kappa shape index (κ1) is 51.3. The summed E-state index contributed by atoms with van der Waals surface area (Å²) in [6, 6.07) is 102. The van der Waals surface area contributed by atoms with Crippen molar-refractivity contribution < 1.29 is 18.9 Å². The van der Waals surface area contributed by atoms with Gasteiger partial charge in [-0.15, -0.1) is 0 Å². The van der Waals surface area contributed by atoms with Crippen LogP contribution in [0.2, 0.25) is 0 Å². The van der Waals surface area contributed by atoms with Gasteiger partial charge in [-0.25, -0.2) is 0 Å². The molecule has 0 saturated carbocycles. The molecule has 0 fully saturated rings. The first-order valence-electron chi connectivity index (χ1n) is 29.0. The minimum atomic E-state index is -1.53. The van der Waals surface area contributed by atoms with Gasteiger partial charge in [0.1, 0.15) is 22.3 Å². The predicted molar refractivity (Wildman–Crippen MR) is 368 cm³/mol. The second-order valence-corrected chi connectivity index (χ2v) is 23.0. The van der Waals surface area contributed by atoms with E-state index in [1.54, 1.807) is 0 Å². The minimum Gasteiger partial charge on any atom is -0.456 e. The molecule has 0 unspecified atom stereocenters. The van der Waals surface area contributed by atoms with Crippen molar-refractivity contribution in [3.63, 3.8) is 0 Å². The topological polar surface area (TPSA) is 66.7 Å². The van der Waals surface area contributed by atoms with Gasteiger partial charge in [-0.2, -0.15) is 0 Å². The third kappa shape index (κ3) is 8.68. The van der Waals surface area contributed by atoms with Crippen LogP contribution in [0.3, 0.4) is 0 Å². The Morgan fingerprint density at radius 3 is 1.01 bits per heavy atom. The van der Waals surface area contributed by atoms with Crippen molar-refractivity contribution in [3.8, 4) is 33.4 Å². The quantitative estimate of drug-likeness (QED) is 0.136. The molecular formula is C80H50BBrO4. The fourth-order valence-electron chi connectivity index (χ4n) is 13.4. The molecule has 404 valence electrons. The van der Waals surface area contributed by atoms with E-state index in [1.807, 2.05) is 60.7 Å². The van der Waals surface area contributed by atoms with Crippen LogP contribution in [0.25, 0.3) is 163 Å². The standard InChI is InChI=1S/C40H24O.C24H17BO2.C16H9BrO/c1-2-12-27-24-38-36(22-26(27)11-1)35-23-28(20-21-37(35)41-38)39-31-15-5-7-17-33(31)40(34-18-8-6-16-32(34)39)30-19-9-13-25-10-3-4-14-29(25)30;26-25(27)24-21-13-5-3-11-19(21)23(20-12-4-6-14-22(20)24)18-15-7-9-16-8-1-2-10-17(16)18;17-12-5-6-15-14(9-12)13-7-10-3-1-2-4-11(10)8-16(13)18-15/h1-24H;1-15,26-27H;1-9H. The van der Waals surface area contributed by atoms with Gasteiger partial charge in [-0.1, -0.05) is 253 Å². The zero-order chi connectivity index (χ0) is 57.4. The fourth-order valence-corrected chi connectivity index (χ4v) is 13.8. The van der Waals surface area contributed by atoms with Crippen LogP contribution >= 0.6 is 15.9 Å². The van der Waals surface area contributed by atoms with E-state index >= 15 is 0 Å². The van der Waals surface area contributed by atoms with Crippen LogP contribution in [0.1, 0.15) is 0 Å². The van der Waals surface area contributed by atoms with Crippen molar-refractivity contribution in [1.82, 2.24) is 0 Å². The van der Waals surface area contributed by atoms with Gasteiger partial charge >= 0.3 is 7.12 Å². The van der Waals surface area contributed by atoms with Gasteiger partial charge in [0, 0.05) is 26.0 Å². The number of hydrogen-bond donors (Lipinski definition) is 2. The molecule has 6 heteroatoms. The van der Waals surface area contributed by atoms with Gasteiger partial charge in [0.05, 0.1) is 0 Å². The zero-order valence-corrected chi connectivity index (χ0v) is 48.0. The third-order valence-electron chi connectivity index (χ3n) is 17.2. The monoisotopic (exact) mass is 1160 g/mol. The number of fused-ring (bicyclic) bond motifs is 14. The minimum absolute atomic E-state index is 0.560. The summed E-state index contributed by atoms with van der Waals surface area (Å²) in [5.41, 5.74) is 11.6. The summed E-state index contributed by atoms with van der Waals surface area (Å²) in [6.45, 7) is 0. The van der Waals surface area contributed by atoms with E-state index in [9.17, 15) is 10.0 Å². The molecule has 0 amide bonds. The highest BCUT2D eigenvalue weighted by molar-refractivity contribution is 9.10. The Bertz CT molecular complexity index is 5620. The highest BCUT2D eigenvalue weighted by Gasteiger charge is 2.24. The summed E-state index contributed by atoms with van der Waals surface area (Å²) in [6.07, 6.45) is 0. The van der Waals surface area contributed by atoms with Gasteiger partial charge in [-0.05, 0) is 180 Å². The molecule has 18 aromatic rings. The van der Waals surface area contributed by atoms with Gasteiger partial charge in [0.2, 0.25) is 0 Å². The van der Waals surface area contributed by atoms with Crippen LogP contribution in [0.5, 0.6) is 0 Å². The lowest BCUT2D eigenvalue weighted by Crippen LogP contribution is -2.31. The number of benzene rings is 16. The average Bonchev–Trinajstić information content (AvgIpc) is 1.70. The predicted octanol–water partition coefficient (Wildman–Crippen LogP) is 21.5. The lowest BCUT2D eigenvalue weighted by atomic mass is 9.72. The van der Waals surface area contributed by atoms with Gasteiger partial charge in [0.25, 0.3) is 0 Å². The van der Waals surface area contributed by atoms with E-state index in [1.165, 1.54) is 92.3 Å². The normalized spacial score (nSPS) is 11.7. The van der Waals surface area contributed by atoms with Crippen LogP contribution in [0.15, 0.2) is 304 Å². The molecule has 18 rings (SSSR count). The summed E-state index contributed by atoms with van der Waals surface area (Å²) < 4.78 is 13.3. The molecule has 0 aliphatic rings. The maximum Gasteiger partial charge on any atom is 0.489 e. The zero-order valence-electron chi connectivity index (χ0n) is 46.4. The highest BCUT2D eigenvalue weighted by atomic mass is 79.9. The van der Waals surface area contributed by atoms with Crippen LogP contribution in [0.4, 0.5) is 0 Å². The molecule has 16 aromatic carbocycles. The Balaban J connectivity index is 0.000000114. The smallest absolute Gasteiger partial charge is 0.456 e. The summed E-state index contributed by atoms with van der Waals surface area (Å²) in [5.74, 6) is 0. The SMILES string of the molecule is Brc1ccc2oc3cc4ccccc4cc3c2c1.OB(O)c1c2ccccc2c(-c2cccc3ccccc23)c2ccccc12.c1ccc2cc3c(cc2c1)oc1ccc(-c2c4ccccc4c(-c4cccc5ccccc45)c4ccccc24)cc13. The average molecular weight is 1170 g/mol. The highest BCUT2D eigenvalue weighted by Crippen LogP contribution is 2.47. The number of hydrogen-bond acceptors (Lipinski definition) is 4. The van der Waals surface area contributed by atoms with Crippen LogP contribution in [0, 0.1) is 0 Å². The third-order valence-corrected chi connectivity index (χ3v) is 17.7. The van der Waals surface area contributed by atoms with Crippen LogP contribution in [-0.4, -0.2) is 17.2 Å². The lowest BCUT2D eigenvalue weighted by molar-refractivity contribution is 0.426. The van der Waals surface area contributed by atoms with Gasteiger partial charge in [-0.3, -0.25) is 0 Å². The molecule has 0 spiro atoms. The molecule has 0 bridgehead atoms. The maximum atomic E-state index is 10.1. The largest absolute Gasteiger partial charge is 0.489 e. The maximum absolute atomic E-state index is 10.1. The van der Waals surface area contributed by atoms with Crippen LogP contribution < -0.4 is 5.46 Å². The Morgan fingerprint density at radius 1 is 0.244 bits per heavy atom. The molecule has 0 atom stereocenters. The van der Waals surface area contributed by atoms with Crippen molar-refractivity contribution >= 4 is 159 Å². The molecular weight excluding hydrogens is 1120 g/mol. The molecule has 4 nitrogen and oxygen atoms in total. The van der Waals surface area contributed by atoms with E-state index in [2.05, 4.69) is 246 Å². The molecule has 2 N–H and O–H groups in total.